The molecule has 2 aromatic carbocycles. The molecule has 0 spiro atoms. The van der Waals surface area contributed by atoms with Crippen molar-refractivity contribution in [2.75, 3.05) is 37.7 Å². The van der Waals surface area contributed by atoms with Gasteiger partial charge in [-0.2, -0.15) is 0 Å². The smallest absolute Gasteiger partial charge is 0.266 e. The monoisotopic (exact) mass is 501 g/mol. The van der Waals surface area contributed by atoms with Gasteiger partial charge in [-0.3, -0.25) is 9.69 Å². The van der Waals surface area contributed by atoms with Gasteiger partial charge < -0.3 is 9.64 Å². The first-order chi connectivity index (χ1) is 14.4. The molecule has 1 heterocycles. The highest BCUT2D eigenvalue weighted by Gasteiger charge is 2.21. The van der Waals surface area contributed by atoms with E-state index in [0.717, 1.165) is 35.4 Å². The molecule has 5 nitrogen and oxygen atoms in total. The van der Waals surface area contributed by atoms with Gasteiger partial charge in [0.2, 0.25) is 0 Å². The summed E-state index contributed by atoms with van der Waals surface area (Å²) in [5.74, 6) is 0.461. The van der Waals surface area contributed by atoms with Gasteiger partial charge in [0.15, 0.2) is 11.7 Å². The van der Waals surface area contributed by atoms with Crippen molar-refractivity contribution in [1.29, 1.82) is 0 Å². The Hall–Kier alpha value is -1.57. The van der Waals surface area contributed by atoms with Crippen molar-refractivity contribution < 1.29 is 9.53 Å². The Balaban J connectivity index is 0.00000341. The molecule has 3 rings (SSSR count). The van der Waals surface area contributed by atoms with E-state index >= 15 is 0 Å². The second-order valence-electron chi connectivity index (χ2n) is 6.88. The SMILES string of the molecule is CCN(CC)CCN(C(=O)COc1ccc(Cl)cc1)c1nc2c(C)cc(Cl)cc2s1.Cl. The molecule has 0 unspecified atom stereocenters. The van der Waals surface area contributed by atoms with Gasteiger partial charge in [0.1, 0.15) is 5.75 Å². The minimum atomic E-state index is -0.139. The maximum absolute atomic E-state index is 13.1. The number of amides is 1. The molecule has 1 amide bonds. The lowest BCUT2D eigenvalue weighted by molar-refractivity contribution is -0.120. The minimum Gasteiger partial charge on any atom is -0.484 e. The van der Waals surface area contributed by atoms with Crippen LogP contribution in [-0.2, 0) is 4.79 Å². The highest BCUT2D eigenvalue weighted by molar-refractivity contribution is 7.22. The fraction of sp³-hybridized carbons (Fsp3) is 0.364. The van der Waals surface area contributed by atoms with E-state index in [0.29, 0.717) is 27.5 Å². The summed E-state index contributed by atoms with van der Waals surface area (Å²) in [7, 11) is 0. The average Bonchev–Trinajstić information content (AvgIpc) is 3.14. The second-order valence-corrected chi connectivity index (χ2v) is 8.76. The maximum Gasteiger partial charge on any atom is 0.266 e. The quantitative estimate of drug-likeness (QED) is 0.355. The van der Waals surface area contributed by atoms with Crippen LogP contribution in [0.1, 0.15) is 19.4 Å². The van der Waals surface area contributed by atoms with Crippen LogP contribution in [-0.4, -0.2) is 48.6 Å². The Kier molecular flexibility index (Phi) is 9.85. The first kappa shape index (κ1) is 25.7. The lowest BCUT2D eigenvalue weighted by Gasteiger charge is -2.24. The van der Waals surface area contributed by atoms with Crippen LogP contribution in [0.3, 0.4) is 0 Å². The predicted molar refractivity (Wildman–Crippen MR) is 134 cm³/mol. The molecular formula is C22H26Cl3N3O2S. The van der Waals surface area contributed by atoms with Crippen LogP contribution >= 0.6 is 46.9 Å². The number of hydrogen-bond acceptors (Lipinski definition) is 5. The fourth-order valence-electron chi connectivity index (χ4n) is 3.12. The standard InChI is InChI=1S/C22H25Cl2N3O2S.ClH/c1-4-26(5-2)10-11-27(20(28)14-29-18-8-6-16(23)7-9-18)22-25-21-15(3)12-17(24)13-19(21)30-22;/h6-9,12-13H,4-5,10-11,14H2,1-3H3;1H. The molecule has 0 atom stereocenters. The minimum absolute atomic E-state index is 0. The molecule has 0 fully saturated rings. The largest absolute Gasteiger partial charge is 0.484 e. The molecule has 9 heteroatoms. The zero-order valence-corrected chi connectivity index (χ0v) is 20.9. The summed E-state index contributed by atoms with van der Waals surface area (Å²) in [4.78, 5) is 21.8. The highest BCUT2D eigenvalue weighted by Crippen LogP contribution is 2.33. The van der Waals surface area contributed by atoms with Crippen LogP contribution in [0.5, 0.6) is 5.75 Å². The summed E-state index contributed by atoms with van der Waals surface area (Å²) in [6.07, 6.45) is 0. The summed E-state index contributed by atoms with van der Waals surface area (Å²) in [5, 5.41) is 1.95. The molecule has 0 aliphatic rings. The molecule has 0 N–H and O–H groups in total. The summed E-state index contributed by atoms with van der Waals surface area (Å²) in [5.41, 5.74) is 1.87. The molecule has 0 saturated carbocycles. The summed E-state index contributed by atoms with van der Waals surface area (Å²) >= 11 is 13.6. The Bertz CT molecular complexity index is 1010. The molecule has 168 valence electrons. The molecular weight excluding hydrogens is 477 g/mol. The van der Waals surface area contributed by atoms with Gasteiger partial charge in [-0.15, -0.1) is 12.4 Å². The van der Waals surface area contributed by atoms with E-state index in [1.807, 2.05) is 19.1 Å². The normalized spacial score (nSPS) is 10.9. The molecule has 0 aliphatic heterocycles. The van der Waals surface area contributed by atoms with E-state index in [-0.39, 0.29) is 24.9 Å². The van der Waals surface area contributed by atoms with Crippen molar-refractivity contribution in [2.45, 2.75) is 20.8 Å². The Morgan fingerprint density at radius 2 is 1.74 bits per heavy atom. The third-order valence-corrected chi connectivity index (χ3v) is 6.38. The Labute approximate surface area is 203 Å². The number of aromatic nitrogens is 1. The fourth-order valence-corrected chi connectivity index (χ4v) is 4.71. The number of carbonyl (C=O) groups is 1. The number of nitrogens with zero attached hydrogens (tertiary/aromatic N) is 3. The van der Waals surface area contributed by atoms with Crippen molar-refractivity contribution in [1.82, 2.24) is 9.88 Å². The van der Waals surface area contributed by atoms with Crippen LogP contribution in [0, 0.1) is 6.92 Å². The van der Waals surface area contributed by atoms with Crippen LogP contribution in [0.4, 0.5) is 5.13 Å². The van der Waals surface area contributed by atoms with Crippen molar-refractivity contribution in [3.63, 3.8) is 0 Å². The van der Waals surface area contributed by atoms with Gasteiger partial charge >= 0.3 is 0 Å². The number of halogens is 3. The molecule has 31 heavy (non-hydrogen) atoms. The Morgan fingerprint density at radius 1 is 1.06 bits per heavy atom. The highest BCUT2D eigenvalue weighted by atomic mass is 35.5. The number of fused-ring (bicyclic) bond motifs is 1. The lowest BCUT2D eigenvalue weighted by Crippen LogP contribution is -2.41. The van der Waals surface area contributed by atoms with Crippen LogP contribution in [0.2, 0.25) is 10.0 Å². The van der Waals surface area contributed by atoms with Gasteiger partial charge in [0, 0.05) is 23.1 Å². The number of benzene rings is 2. The van der Waals surface area contributed by atoms with E-state index in [2.05, 4.69) is 18.7 Å². The molecule has 3 aromatic rings. The van der Waals surface area contributed by atoms with Gasteiger partial charge in [0.05, 0.1) is 10.2 Å². The molecule has 0 bridgehead atoms. The van der Waals surface area contributed by atoms with Crippen LogP contribution in [0.15, 0.2) is 36.4 Å². The molecule has 0 aliphatic carbocycles. The number of likely N-dealkylation sites (N-methyl/N-ethyl adjacent to an activating group) is 1. The molecule has 0 radical (unpaired) electrons. The van der Waals surface area contributed by atoms with E-state index in [4.69, 9.17) is 32.9 Å². The van der Waals surface area contributed by atoms with Crippen molar-refractivity contribution in [3.05, 3.63) is 52.0 Å². The summed E-state index contributed by atoms with van der Waals surface area (Å²) in [6, 6.07) is 10.7. The first-order valence-corrected chi connectivity index (χ1v) is 11.5. The third kappa shape index (κ3) is 6.70. The maximum atomic E-state index is 13.1. The van der Waals surface area contributed by atoms with Crippen molar-refractivity contribution in [2.24, 2.45) is 0 Å². The zero-order chi connectivity index (χ0) is 21.7. The van der Waals surface area contributed by atoms with Crippen LogP contribution in [0.25, 0.3) is 10.2 Å². The molecule has 1 aromatic heterocycles. The number of aryl methyl sites for hydroxylation is 1. The van der Waals surface area contributed by atoms with E-state index in [1.54, 1.807) is 29.2 Å². The van der Waals surface area contributed by atoms with E-state index < -0.39 is 0 Å². The Morgan fingerprint density at radius 3 is 2.39 bits per heavy atom. The zero-order valence-electron chi connectivity index (χ0n) is 17.7. The topological polar surface area (TPSA) is 45.7 Å². The number of thiazole rings is 1. The van der Waals surface area contributed by atoms with Crippen molar-refractivity contribution >= 4 is 68.2 Å². The summed E-state index contributed by atoms with van der Waals surface area (Å²) < 4.78 is 6.66. The first-order valence-electron chi connectivity index (χ1n) is 9.89. The lowest BCUT2D eigenvalue weighted by atomic mass is 10.2. The predicted octanol–water partition coefficient (Wildman–Crippen LogP) is 6.09. The second kappa shape index (κ2) is 11.9. The van der Waals surface area contributed by atoms with E-state index in [1.165, 1.54) is 11.3 Å². The number of anilines is 1. The molecule has 0 saturated heterocycles. The average molecular weight is 503 g/mol. The van der Waals surface area contributed by atoms with Gasteiger partial charge in [-0.1, -0.05) is 48.4 Å². The number of rotatable bonds is 9. The number of carbonyl (C=O) groups excluding carboxylic acids is 1. The van der Waals surface area contributed by atoms with Crippen molar-refractivity contribution in [3.8, 4) is 5.75 Å². The van der Waals surface area contributed by atoms with Gasteiger partial charge in [-0.05, 0) is 62.0 Å². The third-order valence-electron chi connectivity index (χ3n) is 4.88. The van der Waals surface area contributed by atoms with Gasteiger partial charge in [-0.25, -0.2) is 4.98 Å². The summed E-state index contributed by atoms with van der Waals surface area (Å²) in [6.45, 7) is 9.28. The van der Waals surface area contributed by atoms with Crippen LogP contribution < -0.4 is 9.64 Å². The number of hydrogen-bond donors (Lipinski definition) is 0. The van der Waals surface area contributed by atoms with Gasteiger partial charge in [0.25, 0.3) is 5.91 Å². The number of ether oxygens (including phenoxy) is 1. The van der Waals surface area contributed by atoms with E-state index in [9.17, 15) is 4.79 Å².